The number of aromatic nitrogens is 1. The third-order valence-electron chi connectivity index (χ3n) is 5.65. The number of sulfonamides is 1. The molecule has 3 aromatic carbocycles. The predicted octanol–water partition coefficient (Wildman–Crippen LogP) is 4.21. The number of ether oxygens (including phenoxy) is 1. The number of benzene rings is 3. The monoisotopic (exact) mass is 418 g/mol. The minimum absolute atomic E-state index is 0.116. The second-order valence-corrected chi connectivity index (χ2v) is 9.24. The van der Waals surface area contributed by atoms with Crippen LogP contribution in [0.1, 0.15) is 22.6 Å². The molecule has 0 radical (unpaired) electrons. The smallest absolute Gasteiger partial charge is 0.240 e. The van der Waals surface area contributed by atoms with Gasteiger partial charge in [0.1, 0.15) is 5.75 Å². The van der Waals surface area contributed by atoms with Crippen molar-refractivity contribution in [1.29, 1.82) is 0 Å². The van der Waals surface area contributed by atoms with E-state index in [9.17, 15) is 8.42 Å². The van der Waals surface area contributed by atoms with Crippen LogP contribution >= 0.6 is 0 Å². The first-order valence-corrected chi connectivity index (χ1v) is 11.5. The van der Waals surface area contributed by atoms with E-state index in [-0.39, 0.29) is 17.4 Å². The molecule has 0 saturated heterocycles. The fraction of sp³-hybridized carbons (Fsp3) is 0.167. The van der Waals surface area contributed by atoms with E-state index in [0.717, 1.165) is 39.8 Å². The summed E-state index contributed by atoms with van der Waals surface area (Å²) < 4.78 is 34.4. The van der Waals surface area contributed by atoms with Gasteiger partial charge in [-0.2, -0.15) is 0 Å². The maximum absolute atomic E-state index is 13.0. The van der Waals surface area contributed by atoms with Gasteiger partial charge >= 0.3 is 0 Å². The predicted molar refractivity (Wildman–Crippen MR) is 117 cm³/mol. The highest BCUT2D eigenvalue weighted by molar-refractivity contribution is 7.89. The van der Waals surface area contributed by atoms with Crippen LogP contribution in [0, 0.1) is 0 Å². The molecule has 0 spiro atoms. The average Bonchev–Trinajstić information content (AvgIpc) is 3.41. The summed E-state index contributed by atoms with van der Waals surface area (Å²) in [6, 6.07) is 23.1. The van der Waals surface area contributed by atoms with E-state index in [1.165, 1.54) is 0 Å². The number of rotatable bonds is 6. The Morgan fingerprint density at radius 1 is 1.00 bits per heavy atom. The van der Waals surface area contributed by atoms with Crippen LogP contribution < -0.4 is 9.46 Å². The molecule has 2 heterocycles. The first-order valence-electron chi connectivity index (χ1n) is 9.98. The SMILES string of the molecule is O=S(=O)(NC[C@@H](c1ccccc1)c1c[nH]c2ccccc12)c1ccc2c(c1)CCO2. The highest BCUT2D eigenvalue weighted by Crippen LogP contribution is 2.31. The van der Waals surface area contributed by atoms with Crippen LogP contribution in [-0.4, -0.2) is 26.6 Å². The molecule has 0 bridgehead atoms. The average molecular weight is 419 g/mol. The Balaban J connectivity index is 1.47. The van der Waals surface area contributed by atoms with Crippen LogP contribution in [0.2, 0.25) is 0 Å². The van der Waals surface area contributed by atoms with E-state index >= 15 is 0 Å². The third-order valence-corrected chi connectivity index (χ3v) is 7.07. The zero-order chi connectivity index (χ0) is 20.6. The fourth-order valence-corrected chi connectivity index (χ4v) is 5.18. The van der Waals surface area contributed by atoms with Crippen molar-refractivity contribution in [3.8, 4) is 5.75 Å². The molecular formula is C24H22N2O3S. The molecule has 1 aliphatic heterocycles. The van der Waals surface area contributed by atoms with Gasteiger partial charge in [-0.15, -0.1) is 0 Å². The molecular weight excluding hydrogens is 396 g/mol. The number of hydrogen-bond acceptors (Lipinski definition) is 3. The third kappa shape index (κ3) is 3.49. The van der Waals surface area contributed by atoms with Crippen LogP contribution in [-0.2, 0) is 16.4 Å². The minimum atomic E-state index is -3.65. The Kier molecular flexibility index (Phi) is 4.81. The molecule has 0 unspecified atom stereocenters. The topological polar surface area (TPSA) is 71.2 Å². The van der Waals surface area contributed by atoms with Gasteiger partial charge in [0.25, 0.3) is 0 Å². The summed E-state index contributed by atoms with van der Waals surface area (Å²) in [7, 11) is -3.65. The minimum Gasteiger partial charge on any atom is -0.493 e. The molecule has 0 saturated carbocycles. The summed E-state index contributed by atoms with van der Waals surface area (Å²) in [5, 5.41) is 1.10. The molecule has 30 heavy (non-hydrogen) atoms. The van der Waals surface area contributed by atoms with Gasteiger partial charge in [0.15, 0.2) is 0 Å². The summed E-state index contributed by atoms with van der Waals surface area (Å²) >= 11 is 0. The van der Waals surface area contributed by atoms with E-state index < -0.39 is 10.0 Å². The number of para-hydroxylation sites is 1. The largest absolute Gasteiger partial charge is 0.493 e. The molecule has 5 nitrogen and oxygen atoms in total. The van der Waals surface area contributed by atoms with E-state index in [1.807, 2.05) is 54.7 Å². The summed E-state index contributed by atoms with van der Waals surface area (Å²) in [5.74, 6) is 0.657. The lowest BCUT2D eigenvalue weighted by atomic mass is 9.91. The summed E-state index contributed by atoms with van der Waals surface area (Å²) in [5.41, 5.74) is 4.11. The maximum Gasteiger partial charge on any atom is 0.240 e. The molecule has 152 valence electrons. The van der Waals surface area contributed by atoms with Crippen molar-refractivity contribution >= 4 is 20.9 Å². The van der Waals surface area contributed by atoms with Gasteiger partial charge < -0.3 is 9.72 Å². The normalized spacial score (nSPS) is 14.4. The number of aromatic amines is 1. The number of fused-ring (bicyclic) bond motifs is 2. The Morgan fingerprint density at radius 2 is 1.80 bits per heavy atom. The lowest BCUT2D eigenvalue weighted by Crippen LogP contribution is -2.29. The lowest BCUT2D eigenvalue weighted by molar-refractivity contribution is 0.356. The van der Waals surface area contributed by atoms with E-state index in [2.05, 4.69) is 15.8 Å². The van der Waals surface area contributed by atoms with Crippen molar-refractivity contribution in [2.45, 2.75) is 17.2 Å². The van der Waals surface area contributed by atoms with Crippen LogP contribution in [0.3, 0.4) is 0 Å². The number of hydrogen-bond donors (Lipinski definition) is 2. The van der Waals surface area contributed by atoms with Crippen molar-refractivity contribution in [3.05, 3.63) is 95.7 Å². The second kappa shape index (κ2) is 7.63. The zero-order valence-corrected chi connectivity index (χ0v) is 17.2. The quantitative estimate of drug-likeness (QED) is 0.493. The van der Waals surface area contributed by atoms with Crippen LogP contribution in [0.25, 0.3) is 10.9 Å². The highest BCUT2D eigenvalue weighted by Gasteiger charge is 2.23. The molecule has 0 amide bonds. The standard InChI is InChI=1S/C24H22N2O3S/c27-30(28,19-10-11-24-18(14-19)12-13-29-24)26-16-21(17-6-2-1-3-7-17)22-15-25-23-9-5-4-8-20(22)23/h1-11,14-15,21,25-26H,12-13,16H2/t21-/m0/s1. The molecule has 4 aromatic rings. The second-order valence-electron chi connectivity index (χ2n) is 7.47. The van der Waals surface area contributed by atoms with E-state index in [0.29, 0.717) is 6.61 Å². The van der Waals surface area contributed by atoms with E-state index in [1.54, 1.807) is 18.2 Å². The van der Waals surface area contributed by atoms with Gasteiger partial charge in [0, 0.05) is 36.0 Å². The molecule has 1 atom stereocenters. The van der Waals surface area contributed by atoms with Gasteiger partial charge in [0.05, 0.1) is 11.5 Å². The fourth-order valence-electron chi connectivity index (χ4n) is 4.08. The summed E-state index contributed by atoms with van der Waals surface area (Å²) in [4.78, 5) is 3.58. The lowest BCUT2D eigenvalue weighted by Gasteiger charge is -2.18. The Bertz CT molecular complexity index is 1300. The van der Waals surface area contributed by atoms with Crippen LogP contribution in [0.15, 0.2) is 83.9 Å². The summed E-state index contributed by atoms with van der Waals surface area (Å²) in [6.45, 7) is 0.866. The summed E-state index contributed by atoms with van der Waals surface area (Å²) in [6.07, 6.45) is 2.71. The molecule has 0 aliphatic carbocycles. The van der Waals surface area contributed by atoms with Crippen molar-refractivity contribution in [3.63, 3.8) is 0 Å². The van der Waals surface area contributed by atoms with Gasteiger partial charge in [-0.05, 0) is 41.0 Å². The maximum atomic E-state index is 13.0. The molecule has 6 heteroatoms. The molecule has 1 aromatic heterocycles. The van der Waals surface area contributed by atoms with E-state index in [4.69, 9.17) is 4.74 Å². The van der Waals surface area contributed by atoms with Gasteiger partial charge in [0.2, 0.25) is 10.0 Å². The van der Waals surface area contributed by atoms with Crippen molar-refractivity contribution < 1.29 is 13.2 Å². The Morgan fingerprint density at radius 3 is 2.67 bits per heavy atom. The molecule has 1 aliphatic rings. The zero-order valence-electron chi connectivity index (χ0n) is 16.3. The first kappa shape index (κ1) is 18.9. The van der Waals surface area contributed by atoms with Gasteiger partial charge in [-0.25, -0.2) is 13.1 Å². The van der Waals surface area contributed by atoms with Crippen LogP contribution in [0.4, 0.5) is 0 Å². The highest BCUT2D eigenvalue weighted by atomic mass is 32.2. The van der Waals surface area contributed by atoms with Gasteiger partial charge in [-0.3, -0.25) is 0 Å². The number of H-pyrrole nitrogens is 1. The molecule has 5 rings (SSSR count). The first-order chi connectivity index (χ1) is 14.6. The Hall–Kier alpha value is -3.09. The van der Waals surface area contributed by atoms with Crippen molar-refractivity contribution in [1.82, 2.24) is 9.71 Å². The number of nitrogens with one attached hydrogen (secondary N) is 2. The Labute approximate surface area is 175 Å². The van der Waals surface area contributed by atoms with Crippen LogP contribution in [0.5, 0.6) is 5.75 Å². The molecule has 2 N–H and O–H groups in total. The molecule has 0 fully saturated rings. The van der Waals surface area contributed by atoms with Gasteiger partial charge in [-0.1, -0.05) is 48.5 Å². The van der Waals surface area contributed by atoms with Crippen molar-refractivity contribution in [2.24, 2.45) is 0 Å². The van der Waals surface area contributed by atoms with Crippen molar-refractivity contribution in [2.75, 3.05) is 13.2 Å².